The summed E-state index contributed by atoms with van der Waals surface area (Å²) in [5.74, 6) is 0.855. The van der Waals surface area contributed by atoms with Gasteiger partial charge in [-0.25, -0.2) is 4.98 Å². The van der Waals surface area contributed by atoms with Gasteiger partial charge in [0, 0.05) is 31.9 Å². The van der Waals surface area contributed by atoms with Gasteiger partial charge in [0.05, 0.1) is 10.5 Å². The van der Waals surface area contributed by atoms with Gasteiger partial charge >= 0.3 is 0 Å². The minimum Gasteiger partial charge on any atom is -0.363 e. The van der Waals surface area contributed by atoms with Crippen molar-refractivity contribution < 1.29 is 0 Å². The number of fused-ring (bicyclic) bond motifs is 1. The van der Waals surface area contributed by atoms with Crippen LogP contribution in [0.1, 0.15) is 0 Å². The van der Waals surface area contributed by atoms with Crippen LogP contribution >= 0.6 is 11.6 Å². The summed E-state index contributed by atoms with van der Waals surface area (Å²) in [5.41, 5.74) is 0.871. The molecule has 0 bridgehead atoms. The molecule has 2 aromatic rings. The van der Waals surface area contributed by atoms with Crippen LogP contribution in [0, 0.1) is 0 Å². The fourth-order valence-corrected chi connectivity index (χ4v) is 1.49. The summed E-state index contributed by atoms with van der Waals surface area (Å²) in [6.07, 6.45) is 3.44. The smallest absolute Gasteiger partial charge is 0.130 e. The van der Waals surface area contributed by atoms with E-state index in [1.165, 1.54) is 0 Å². The number of nitrogens with zero attached hydrogens (tertiary/aromatic N) is 3. The minimum atomic E-state index is 0.687. The molecule has 0 unspecified atom stereocenters. The standard InChI is InChI=1S/C10H10ClN3/c1-14(2)10-5-8(11)7-6-12-4-3-9(7)13-10/h3-6H,1-2H3. The third-order valence-corrected chi connectivity index (χ3v) is 2.32. The summed E-state index contributed by atoms with van der Waals surface area (Å²) in [5, 5.41) is 1.58. The lowest BCUT2D eigenvalue weighted by molar-refractivity contribution is 1.08. The van der Waals surface area contributed by atoms with Crippen molar-refractivity contribution in [2.45, 2.75) is 0 Å². The van der Waals surface area contributed by atoms with Crippen molar-refractivity contribution in [3.05, 3.63) is 29.5 Å². The Morgan fingerprint density at radius 3 is 2.86 bits per heavy atom. The lowest BCUT2D eigenvalue weighted by Gasteiger charge is -2.12. The van der Waals surface area contributed by atoms with Gasteiger partial charge in [0.25, 0.3) is 0 Å². The molecule has 14 heavy (non-hydrogen) atoms. The van der Waals surface area contributed by atoms with E-state index in [-0.39, 0.29) is 0 Å². The first kappa shape index (κ1) is 9.21. The summed E-state index contributed by atoms with van der Waals surface area (Å²) in [4.78, 5) is 10.4. The van der Waals surface area contributed by atoms with Crippen LogP contribution in [0.15, 0.2) is 24.5 Å². The summed E-state index contributed by atoms with van der Waals surface area (Å²) < 4.78 is 0. The normalized spacial score (nSPS) is 10.5. The summed E-state index contributed by atoms with van der Waals surface area (Å²) in [6, 6.07) is 3.69. The molecule has 0 saturated heterocycles. The van der Waals surface area contributed by atoms with Crippen molar-refractivity contribution >= 4 is 28.3 Å². The molecule has 0 atom stereocenters. The van der Waals surface area contributed by atoms with E-state index < -0.39 is 0 Å². The molecule has 0 radical (unpaired) electrons. The molecule has 0 N–H and O–H groups in total. The topological polar surface area (TPSA) is 29.0 Å². The molecular weight excluding hydrogens is 198 g/mol. The van der Waals surface area contributed by atoms with E-state index in [0.717, 1.165) is 16.7 Å². The van der Waals surface area contributed by atoms with Gasteiger partial charge in [-0.1, -0.05) is 11.6 Å². The number of hydrogen-bond acceptors (Lipinski definition) is 3. The fraction of sp³-hybridized carbons (Fsp3) is 0.200. The zero-order chi connectivity index (χ0) is 10.1. The zero-order valence-corrected chi connectivity index (χ0v) is 8.78. The molecule has 72 valence electrons. The molecule has 4 heteroatoms. The predicted molar refractivity (Wildman–Crippen MR) is 58.9 cm³/mol. The second kappa shape index (κ2) is 3.42. The Morgan fingerprint density at radius 2 is 2.14 bits per heavy atom. The Labute approximate surface area is 87.3 Å². The SMILES string of the molecule is CN(C)c1cc(Cl)c2cnccc2n1. The van der Waals surface area contributed by atoms with Crippen molar-refractivity contribution in [1.82, 2.24) is 9.97 Å². The number of hydrogen-bond donors (Lipinski definition) is 0. The highest BCUT2D eigenvalue weighted by Gasteiger charge is 2.04. The first-order chi connectivity index (χ1) is 6.68. The van der Waals surface area contributed by atoms with Gasteiger partial charge in [-0.3, -0.25) is 4.98 Å². The van der Waals surface area contributed by atoms with Crippen LogP contribution < -0.4 is 4.90 Å². The van der Waals surface area contributed by atoms with Gasteiger partial charge in [0.15, 0.2) is 0 Å². The number of aromatic nitrogens is 2. The average Bonchev–Trinajstić information content (AvgIpc) is 2.17. The first-order valence-corrected chi connectivity index (χ1v) is 4.64. The lowest BCUT2D eigenvalue weighted by Crippen LogP contribution is -2.10. The van der Waals surface area contributed by atoms with Gasteiger partial charge < -0.3 is 4.90 Å². The van der Waals surface area contributed by atoms with Crippen molar-refractivity contribution in [1.29, 1.82) is 0 Å². The van der Waals surface area contributed by atoms with Crippen molar-refractivity contribution in [3.8, 4) is 0 Å². The highest BCUT2D eigenvalue weighted by atomic mass is 35.5. The van der Waals surface area contributed by atoms with Crippen LogP contribution in [0.4, 0.5) is 5.82 Å². The molecule has 0 amide bonds. The first-order valence-electron chi connectivity index (χ1n) is 4.26. The molecule has 0 aliphatic heterocycles. The second-order valence-corrected chi connectivity index (χ2v) is 3.66. The molecule has 2 rings (SSSR count). The highest BCUT2D eigenvalue weighted by Crippen LogP contribution is 2.24. The van der Waals surface area contributed by atoms with Gasteiger partial charge in [-0.2, -0.15) is 0 Å². The molecule has 0 aliphatic rings. The van der Waals surface area contributed by atoms with E-state index in [0.29, 0.717) is 5.02 Å². The molecule has 0 aromatic carbocycles. The highest BCUT2D eigenvalue weighted by molar-refractivity contribution is 6.35. The van der Waals surface area contributed by atoms with E-state index in [4.69, 9.17) is 11.6 Å². The van der Waals surface area contributed by atoms with Crippen molar-refractivity contribution in [3.63, 3.8) is 0 Å². The summed E-state index contributed by atoms with van der Waals surface area (Å²) in [7, 11) is 3.87. The minimum absolute atomic E-state index is 0.687. The Kier molecular flexibility index (Phi) is 2.25. The zero-order valence-electron chi connectivity index (χ0n) is 8.03. The van der Waals surface area contributed by atoms with Crippen LogP contribution in [0.3, 0.4) is 0 Å². The third-order valence-electron chi connectivity index (χ3n) is 2.00. The monoisotopic (exact) mass is 207 g/mol. The van der Waals surface area contributed by atoms with E-state index >= 15 is 0 Å². The van der Waals surface area contributed by atoms with E-state index in [1.54, 1.807) is 12.4 Å². The Hall–Kier alpha value is -1.35. The maximum atomic E-state index is 6.10. The van der Waals surface area contributed by atoms with Crippen LogP contribution in [-0.4, -0.2) is 24.1 Å². The Bertz CT molecular complexity index is 468. The van der Waals surface area contributed by atoms with Crippen LogP contribution in [-0.2, 0) is 0 Å². The van der Waals surface area contributed by atoms with E-state index in [1.807, 2.05) is 31.1 Å². The average molecular weight is 208 g/mol. The van der Waals surface area contributed by atoms with Crippen molar-refractivity contribution in [2.75, 3.05) is 19.0 Å². The van der Waals surface area contributed by atoms with Gasteiger partial charge in [-0.15, -0.1) is 0 Å². The summed E-state index contributed by atoms with van der Waals surface area (Å²) >= 11 is 6.10. The van der Waals surface area contributed by atoms with Crippen molar-refractivity contribution in [2.24, 2.45) is 0 Å². The van der Waals surface area contributed by atoms with E-state index in [2.05, 4.69) is 9.97 Å². The Morgan fingerprint density at radius 1 is 1.36 bits per heavy atom. The summed E-state index contributed by atoms with van der Waals surface area (Å²) in [6.45, 7) is 0. The predicted octanol–water partition coefficient (Wildman–Crippen LogP) is 2.35. The van der Waals surface area contributed by atoms with Gasteiger partial charge in [-0.05, 0) is 12.1 Å². The molecule has 2 aromatic heterocycles. The number of pyridine rings is 2. The maximum Gasteiger partial charge on any atom is 0.130 e. The molecule has 2 heterocycles. The van der Waals surface area contributed by atoms with E-state index in [9.17, 15) is 0 Å². The molecular formula is C10H10ClN3. The number of rotatable bonds is 1. The van der Waals surface area contributed by atoms with Gasteiger partial charge in [0.1, 0.15) is 5.82 Å². The lowest BCUT2D eigenvalue weighted by atomic mass is 10.2. The largest absolute Gasteiger partial charge is 0.363 e. The van der Waals surface area contributed by atoms with Crippen LogP contribution in [0.2, 0.25) is 5.02 Å². The molecule has 0 saturated carbocycles. The third kappa shape index (κ3) is 1.51. The van der Waals surface area contributed by atoms with Crippen LogP contribution in [0.5, 0.6) is 0 Å². The quantitative estimate of drug-likeness (QED) is 0.719. The second-order valence-electron chi connectivity index (χ2n) is 3.25. The molecule has 0 aliphatic carbocycles. The fourth-order valence-electron chi connectivity index (χ4n) is 1.24. The van der Waals surface area contributed by atoms with Crippen LogP contribution in [0.25, 0.3) is 10.9 Å². The Balaban J connectivity index is 2.72. The molecule has 0 fully saturated rings. The molecule has 3 nitrogen and oxygen atoms in total. The maximum absolute atomic E-state index is 6.10. The number of halogens is 1. The molecule has 0 spiro atoms. The van der Waals surface area contributed by atoms with Gasteiger partial charge in [0.2, 0.25) is 0 Å². The number of anilines is 1.